The summed E-state index contributed by atoms with van der Waals surface area (Å²) in [5, 5.41) is 0. The van der Waals surface area contributed by atoms with Gasteiger partial charge in [0.25, 0.3) is 5.56 Å². The molecule has 0 bridgehead atoms. The van der Waals surface area contributed by atoms with Crippen LogP contribution in [0.5, 0.6) is 5.75 Å². The van der Waals surface area contributed by atoms with E-state index in [1.54, 1.807) is 24.8 Å². The van der Waals surface area contributed by atoms with E-state index in [1.165, 1.54) is 0 Å². The first-order chi connectivity index (χ1) is 9.45. The molecule has 1 aromatic carbocycles. The normalized spacial score (nSPS) is 10.3. The van der Waals surface area contributed by atoms with Crippen LogP contribution in [0.4, 0.5) is 0 Å². The van der Waals surface area contributed by atoms with Crippen LogP contribution in [0, 0.1) is 6.92 Å². The van der Waals surface area contributed by atoms with E-state index in [2.05, 4.69) is 0 Å². The second-order valence-corrected chi connectivity index (χ2v) is 4.98. The van der Waals surface area contributed by atoms with Crippen LogP contribution in [0.15, 0.2) is 35.1 Å². The van der Waals surface area contributed by atoms with E-state index in [0.717, 1.165) is 22.6 Å². The first kappa shape index (κ1) is 14.3. The minimum atomic E-state index is -0.191. The summed E-state index contributed by atoms with van der Waals surface area (Å²) in [4.78, 5) is 12.3. The highest BCUT2D eigenvalue weighted by molar-refractivity contribution is 7.80. The van der Waals surface area contributed by atoms with Crippen molar-refractivity contribution < 1.29 is 4.74 Å². The zero-order valence-electron chi connectivity index (χ0n) is 11.6. The maximum Gasteiger partial charge on any atom is 0.261 e. The molecule has 1 heterocycles. The van der Waals surface area contributed by atoms with Gasteiger partial charge in [-0.05, 0) is 48.4 Å². The average molecular weight is 288 g/mol. The largest absolute Gasteiger partial charge is 0.496 e. The third kappa shape index (κ3) is 2.44. The Balaban J connectivity index is 2.60. The summed E-state index contributed by atoms with van der Waals surface area (Å²) in [6.45, 7) is 1.96. The fourth-order valence-electron chi connectivity index (χ4n) is 2.15. The van der Waals surface area contributed by atoms with Crippen LogP contribution >= 0.6 is 12.2 Å². The molecule has 0 unspecified atom stereocenters. The Bertz CT molecular complexity index is 735. The number of nitrogens with zero attached hydrogens (tertiary/aromatic N) is 1. The van der Waals surface area contributed by atoms with Crippen molar-refractivity contribution in [1.82, 2.24) is 4.57 Å². The molecule has 1 aromatic heterocycles. The molecule has 0 fully saturated rings. The van der Waals surface area contributed by atoms with Gasteiger partial charge in [0, 0.05) is 7.05 Å². The first-order valence-corrected chi connectivity index (χ1v) is 6.51. The topological polar surface area (TPSA) is 57.2 Å². The van der Waals surface area contributed by atoms with E-state index >= 15 is 0 Å². The lowest BCUT2D eigenvalue weighted by molar-refractivity contribution is 0.412. The molecule has 0 amide bonds. The Hall–Kier alpha value is -2.14. The van der Waals surface area contributed by atoms with Crippen LogP contribution in [-0.2, 0) is 7.05 Å². The maximum atomic E-state index is 12.2. The zero-order chi connectivity index (χ0) is 14.9. The van der Waals surface area contributed by atoms with E-state index < -0.39 is 0 Å². The molecule has 2 rings (SSSR count). The van der Waals surface area contributed by atoms with Gasteiger partial charge < -0.3 is 15.0 Å². The summed E-state index contributed by atoms with van der Waals surface area (Å²) < 4.78 is 6.79. The Morgan fingerprint density at radius 1 is 1.30 bits per heavy atom. The quantitative estimate of drug-likeness (QED) is 0.878. The lowest BCUT2D eigenvalue weighted by Crippen LogP contribution is -2.28. The van der Waals surface area contributed by atoms with Gasteiger partial charge in [-0.15, -0.1) is 0 Å². The molecule has 0 atom stereocenters. The monoisotopic (exact) mass is 288 g/mol. The second-order valence-electron chi connectivity index (χ2n) is 4.55. The fourth-order valence-corrected chi connectivity index (χ4v) is 2.31. The summed E-state index contributed by atoms with van der Waals surface area (Å²) in [6, 6.07) is 9.29. The summed E-state index contributed by atoms with van der Waals surface area (Å²) in [7, 11) is 3.34. The van der Waals surface area contributed by atoms with Gasteiger partial charge in [-0.1, -0.05) is 12.2 Å². The highest BCUT2D eigenvalue weighted by atomic mass is 32.1. The molecule has 2 N–H and O–H groups in total. The van der Waals surface area contributed by atoms with Gasteiger partial charge in [0.1, 0.15) is 10.7 Å². The molecule has 20 heavy (non-hydrogen) atoms. The van der Waals surface area contributed by atoms with E-state index in [1.807, 2.05) is 31.2 Å². The van der Waals surface area contributed by atoms with Crippen molar-refractivity contribution in [2.45, 2.75) is 6.92 Å². The highest BCUT2D eigenvalue weighted by Gasteiger charge is 2.10. The molecule has 0 saturated carbocycles. The Kier molecular flexibility index (Phi) is 3.90. The van der Waals surface area contributed by atoms with Crippen molar-refractivity contribution in [3.63, 3.8) is 0 Å². The van der Waals surface area contributed by atoms with Crippen LogP contribution in [0.2, 0.25) is 0 Å². The Morgan fingerprint density at radius 2 is 2.00 bits per heavy atom. The molecule has 0 aliphatic heterocycles. The van der Waals surface area contributed by atoms with Crippen molar-refractivity contribution >= 4 is 17.2 Å². The van der Waals surface area contributed by atoms with Gasteiger partial charge in [0.05, 0.1) is 18.4 Å². The molecule has 2 aromatic rings. The zero-order valence-corrected chi connectivity index (χ0v) is 12.5. The maximum absolute atomic E-state index is 12.2. The molecule has 0 spiro atoms. The second kappa shape index (κ2) is 5.46. The number of thiocarbonyl (C=S) groups is 1. The van der Waals surface area contributed by atoms with Gasteiger partial charge in [0.15, 0.2) is 0 Å². The van der Waals surface area contributed by atoms with E-state index in [4.69, 9.17) is 22.7 Å². The molecule has 104 valence electrons. The Labute approximate surface area is 122 Å². The van der Waals surface area contributed by atoms with Gasteiger partial charge in [-0.3, -0.25) is 4.79 Å². The molecule has 4 nitrogen and oxygen atoms in total. The minimum absolute atomic E-state index is 0.114. The molecular weight excluding hydrogens is 272 g/mol. The molecule has 5 heteroatoms. The van der Waals surface area contributed by atoms with Gasteiger partial charge in [0.2, 0.25) is 0 Å². The fraction of sp³-hybridized carbons (Fsp3) is 0.200. The standard InChI is InChI=1S/C15H16N2O2S/c1-9-8-10(4-7-13(9)19-3)12-6-5-11(14(16)20)15(18)17(12)2/h4-8H,1-3H3,(H2,16,20). The van der Waals surface area contributed by atoms with Crippen molar-refractivity contribution in [1.29, 1.82) is 0 Å². The lowest BCUT2D eigenvalue weighted by Gasteiger charge is -2.12. The van der Waals surface area contributed by atoms with E-state index in [9.17, 15) is 4.79 Å². The van der Waals surface area contributed by atoms with Gasteiger partial charge in [-0.25, -0.2) is 0 Å². The molecule has 0 radical (unpaired) electrons. The number of methoxy groups -OCH3 is 1. The summed E-state index contributed by atoms with van der Waals surface area (Å²) in [5.41, 5.74) is 8.46. The average Bonchev–Trinajstić information content (AvgIpc) is 2.41. The molecule has 0 saturated heterocycles. The summed E-state index contributed by atoms with van der Waals surface area (Å²) >= 11 is 4.87. The SMILES string of the molecule is COc1ccc(-c2ccc(C(N)=S)c(=O)n2C)cc1C. The number of aromatic nitrogens is 1. The number of aryl methyl sites for hydroxylation is 1. The smallest absolute Gasteiger partial charge is 0.261 e. The molecule has 0 aliphatic rings. The Morgan fingerprint density at radius 3 is 2.55 bits per heavy atom. The first-order valence-electron chi connectivity index (χ1n) is 6.10. The molecule has 0 aliphatic carbocycles. The number of ether oxygens (including phenoxy) is 1. The number of benzene rings is 1. The van der Waals surface area contributed by atoms with Crippen molar-refractivity contribution in [2.24, 2.45) is 12.8 Å². The number of hydrogen-bond donors (Lipinski definition) is 1. The third-order valence-electron chi connectivity index (χ3n) is 3.26. The molecular formula is C15H16N2O2S. The lowest BCUT2D eigenvalue weighted by atomic mass is 10.1. The minimum Gasteiger partial charge on any atom is -0.496 e. The number of rotatable bonds is 3. The van der Waals surface area contributed by atoms with Crippen molar-refractivity contribution in [3.8, 4) is 17.0 Å². The highest BCUT2D eigenvalue weighted by Crippen LogP contribution is 2.25. The van der Waals surface area contributed by atoms with Crippen molar-refractivity contribution in [2.75, 3.05) is 7.11 Å². The summed E-state index contributed by atoms with van der Waals surface area (Å²) in [5.74, 6) is 0.818. The van der Waals surface area contributed by atoms with Gasteiger partial charge >= 0.3 is 0 Å². The predicted molar refractivity (Wildman–Crippen MR) is 84.3 cm³/mol. The van der Waals surface area contributed by atoms with Crippen LogP contribution in [0.3, 0.4) is 0 Å². The number of pyridine rings is 1. The van der Waals surface area contributed by atoms with E-state index in [0.29, 0.717) is 5.56 Å². The number of hydrogen-bond acceptors (Lipinski definition) is 3. The number of nitrogens with two attached hydrogens (primary N) is 1. The van der Waals surface area contributed by atoms with Crippen molar-refractivity contribution in [3.05, 3.63) is 51.8 Å². The predicted octanol–water partition coefficient (Wildman–Crippen LogP) is 2.00. The van der Waals surface area contributed by atoms with Crippen LogP contribution in [0.25, 0.3) is 11.3 Å². The van der Waals surface area contributed by atoms with Crippen LogP contribution in [-0.4, -0.2) is 16.7 Å². The third-order valence-corrected chi connectivity index (χ3v) is 3.48. The van der Waals surface area contributed by atoms with Crippen LogP contribution in [0.1, 0.15) is 11.1 Å². The van der Waals surface area contributed by atoms with E-state index in [-0.39, 0.29) is 10.5 Å². The van der Waals surface area contributed by atoms with Crippen LogP contribution < -0.4 is 16.0 Å². The summed E-state index contributed by atoms with van der Waals surface area (Å²) in [6.07, 6.45) is 0. The van der Waals surface area contributed by atoms with Gasteiger partial charge in [-0.2, -0.15) is 0 Å².